The van der Waals surface area contributed by atoms with Crippen molar-refractivity contribution in [3.63, 3.8) is 0 Å². The van der Waals surface area contributed by atoms with Crippen LogP contribution in [0, 0.1) is 0 Å². The second kappa shape index (κ2) is 34.8. The molecular weight excluding hydrogens is 1590 g/mol. The molecule has 0 aromatic heterocycles. The minimum atomic E-state index is 0. The van der Waals surface area contributed by atoms with Gasteiger partial charge in [0.2, 0.25) is 0 Å². The maximum atomic E-state index is 2.36. The Morgan fingerprint density at radius 3 is 0.561 bits per heavy atom. The third-order valence-corrected chi connectivity index (χ3v) is 18.1. The second-order valence-electron chi connectivity index (χ2n) is 27.1. The molecule has 0 bridgehead atoms. The standard InChI is InChI=1S/4C22H19.2C2H6Si.2ClH.2Hf/c4*1-15(2)18-13-17-9-6-12-21(22(17)14-18)20-11-5-8-16-7-3-4-10-19(16)20;2*1-3-2;;;;/h4*3-15H,1-2H3;2*1-2H3;2*1H;;/q4*-1;;;;;2*+2/p-2. The SMILES string of the molecule is CC(C)c1cc2c(-c3cccc4ccccc34)cccc2[cH-]1.CC(C)c1cc2c(-c3cccc4ccccc34)cccc2[cH-]1.CC(C)c1cc2c(-c3cccc4ccccc34)cccc2[cH-]1.CC(C)c1cc2c(-c3cccc4ccccc34)cccc2[cH-]1.C[Si](C)=[Hf+2].C[Si](C)=[Hf+2].[Cl-].[Cl-]. The summed E-state index contributed by atoms with van der Waals surface area (Å²) in [4.78, 5) is 0. The van der Waals surface area contributed by atoms with Gasteiger partial charge in [0.05, 0.1) is 0 Å². The van der Waals surface area contributed by atoms with Gasteiger partial charge < -0.3 is 24.8 Å². The number of benzene rings is 12. The second-order valence-corrected chi connectivity index (χ2v) is 52.7. The normalized spacial score (nSPS) is 11.0. The molecule has 16 aromatic carbocycles. The van der Waals surface area contributed by atoms with Crippen molar-refractivity contribution in [2.24, 2.45) is 0 Å². The van der Waals surface area contributed by atoms with Gasteiger partial charge in [-0.25, -0.2) is 0 Å². The molecular formula is C92H88Cl2Hf2Si2-2. The number of rotatable bonds is 8. The summed E-state index contributed by atoms with van der Waals surface area (Å²) in [5.41, 5.74) is 16.8. The van der Waals surface area contributed by atoms with Crippen molar-refractivity contribution >= 4 is 97.2 Å². The van der Waals surface area contributed by atoms with Crippen LogP contribution in [0.25, 0.3) is 131 Å². The van der Waals surface area contributed by atoms with E-state index in [1.54, 1.807) is 0 Å². The first-order valence-electron chi connectivity index (χ1n) is 34.2. The molecule has 0 aliphatic heterocycles. The Morgan fingerprint density at radius 2 is 0.378 bits per heavy atom. The number of halogens is 2. The molecule has 0 N–H and O–H groups in total. The van der Waals surface area contributed by atoms with Gasteiger partial charge >= 0.3 is 83.2 Å². The predicted octanol–water partition coefficient (Wildman–Crippen LogP) is 21.6. The van der Waals surface area contributed by atoms with E-state index in [4.69, 9.17) is 0 Å². The smallest absolute Gasteiger partial charge is 1.00 e. The Morgan fingerprint density at radius 1 is 0.224 bits per heavy atom. The van der Waals surface area contributed by atoms with Crippen molar-refractivity contribution in [3.05, 3.63) is 313 Å². The summed E-state index contributed by atoms with van der Waals surface area (Å²) in [5, 5.41) is 21.3. The third kappa shape index (κ3) is 17.7. The van der Waals surface area contributed by atoms with Gasteiger partial charge in [-0.2, -0.15) is 24.3 Å². The first kappa shape index (κ1) is 75.1. The molecule has 16 rings (SSSR count). The van der Waals surface area contributed by atoms with E-state index in [9.17, 15) is 0 Å². The van der Waals surface area contributed by atoms with E-state index in [2.05, 4.69) is 373 Å². The van der Waals surface area contributed by atoms with Crippen molar-refractivity contribution < 1.29 is 70.8 Å². The van der Waals surface area contributed by atoms with E-state index in [0.717, 1.165) is 0 Å². The van der Waals surface area contributed by atoms with Crippen LogP contribution in [0.5, 0.6) is 0 Å². The van der Waals surface area contributed by atoms with Gasteiger partial charge in [-0.1, -0.05) is 272 Å². The molecule has 488 valence electrons. The number of fused-ring (bicyclic) bond motifs is 8. The molecule has 0 spiro atoms. The zero-order chi connectivity index (χ0) is 67.6. The Kier molecular flexibility index (Phi) is 26.6. The molecule has 0 radical (unpaired) electrons. The van der Waals surface area contributed by atoms with Crippen LogP contribution >= 0.6 is 0 Å². The predicted molar refractivity (Wildman–Crippen MR) is 421 cm³/mol. The Hall–Kier alpha value is -7.13. The third-order valence-electron chi connectivity index (χ3n) is 18.1. The van der Waals surface area contributed by atoms with Gasteiger partial charge in [0.15, 0.2) is 0 Å². The van der Waals surface area contributed by atoms with Crippen molar-refractivity contribution in [1.29, 1.82) is 0 Å². The van der Waals surface area contributed by atoms with Crippen LogP contribution in [0.1, 0.15) is 101 Å². The van der Waals surface area contributed by atoms with Crippen molar-refractivity contribution in [2.45, 2.75) is 105 Å². The van der Waals surface area contributed by atoms with Gasteiger partial charge in [0.25, 0.3) is 0 Å². The summed E-state index contributed by atoms with van der Waals surface area (Å²) in [5.74, 6) is 2.25. The van der Waals surface area contributed by atoms with E-state index in [1.165, 1.54) is 199 Å². The van der Waals surface area contributed by atoms with Gasteiger partial charge in [0, 0.05) is 0 Å². The van der Waals surface area contributed by atoms with Crippen LogP contribution in [0.3, 0.4) is 0 Å². The molecule has 0 aliphatic rings. The minimum Gasteiger partial charge on any atom is -1.00 e. The fourth-order valence-corrected chi connectivity index (χ4v) is 13.1. The molecule has 0 aliphatic carbocycles. The van der Waals surface area contributed by atoms with Gasteiger partial charge in [-0.15, -0.1) is 138 Å². The van der Waals surface area contributed by atoms with Crippen LogP contribution in [0.2, 0.25) is 26.2 Å². The minimum absolute atomic E-state index is 0. The zero-order valence-corrected chi connectivity index (χ0v) is 69.5. The van der Waals surface area contributed by atoms with Gasteiger partial charge in [0.1, 0.15) is 0 Å². The molecule has 6 heteroatoms. The molecule has 0 nitrogen and oxygen atoms in total. The van der Waals surface area contributed by atoms with Crippen molar-refractivity contribution in [3.8, 4) is 44.5 Å². The van der Waals surface area contributed by atoms with Crippen LogP contribution in [-0.2, 0) is 46.0 Å². The fraction of sp³-hybridized carbons (Fsp3) is 0.174. The van der Waals surface area contributed by atoms with Crippen LogP contribution < -0.4 is 24.8 Å². The van der Waals surface area contributed by atoms with Crippen molar-refractivity contribution in [1.82, 2.24) is 0 Å². The first-order chi connectivity index (χ1) is 46.4. The Balaban J connectivity index is 0.000000146. The topological polar surface area (TPSA) is 0 Å². The average Bonchev–Trinajstić information content (AvgIpc) is 1.03. The Labute approximate surface area is 625 Å². The molecule has 0 saturated heterocycles. The van der Waals surface area contributed by atoms with E-state index in [1.807, 2.05) is 0 Å². The summed E-state index contributed by atoms with van der Waals surface area (Å²) in [6.45, 7) is 27.4. The van der Waals surface area contributed by atoms with Crippen LogP contribution in [0.4, 0.5) is 0 Å². The summed E-state index contributed by atoms with van der Waals surface area (Å²) >= 11 is 2.90. The van der Waals surface area contributed by atoms with Gasteiger partial charge in [-0.3, -0.25) is 0 Å². The molecule has 0 saturated carbocycles. The van der Waals surface area contributed by atoms with Crippen LogP contribution in [-0.4, -0.2) is 11.0 Å². The fourth-order valence-electron chi connectivity index (χ4n) is 13.1. The van der Waals surface area contributed by atoms with E-state index < -0.39 is 0 Å². The molecule has 0 atom stereocenters. The van der Waals surface area contributed by atoms with E-state index >= 15 is 0 Å². The first-order valence-corrected chi connectivity index (χ1v) is 49.9. The summed E-state index contributed by atoms with van der Waals surface area (Å²) < 4.78 is 0. The molecule has 0 amide bonds. The largest absolute Gasteiger partial charge is 1.00 e. The molecule has 16 aromatic rings. The summed E-state index contributed by atoms with van der Waals surface area (Å²) in [6.07, 6.45) is 0. The monoisotopic (exact) mass is 1680 g/mol. The van der Waals surface area contributed by atoms with Crippen molar-refractivity contribution in [2.75, 3.05) is 0 Å². The number of hydrogen-bond acceptors (Lipinski definition) is 0. The van der Waals surface area contributed by atoms with Gasteiger partial charge in [-0.05, 0) is 89.0 Å². The zero-order valence-electron chi connectivity index (χ0n) is 58.8. The molecule has 0 heterocycles. The number of hydrogen-bond donors (Lipinski definition) is 0. The average molecular weight is 1680 g/mol. The Bertz CT molecular complexity index is 4690. The molecule has 0 fully saturated rings. The molecule has 98 heavy (non-hydrogen) atoms. The maximum Gasteiger partial charge on any atom is -1.00 e. The summed E-state index contributed by atoms with van der Waals surface area (Å²) in [7, 11) is 0. The maximum absolute atomic E-state index is 2.36. The quantitative estimate of drug-likeness (QED) is 0.105. The summed E-state index contributed by atoms with van der Waals surface area (Å²) in [6, 6.07) is 106. The van der Waals surface area contributed by atoms with Crippen LogP contribution in [0.15, 0.2) is 291 Å². The van der Waals surface area contributed by atoms with E-state index in [0.29, 0.717) is 23.7 Å². The molecule has 0 unspecified atom stereocenters. The van der Waals surface area contributed by atoms with E-state index in [-0.39, 0.29) is 35.8 Å².